The Morgan fingerprint density at radius 2 is 1.61 bits per heavy atom. The Labute approximate surface area is 228 Å². The Bertz CT molecular complexity index is 1030. The molecule has 0 unspecified atom stereocenters. The summed E-state index contributed by atoms with van der Waals surface area (Å²) in [5.41, 5.74) is 3.47. The minimum Gasteiger partial charge on any atom is -0.353 e. The van der Waals surface area contributed by atoms with Crippen molar-refractivity contribution < 1.29 is 4.79 Å². The standard InChI is InChI=1S/C30H45N7O/c1-23-20-28(36-16-18-37(19-17-36)29(38)26-12-13-26)35-30(34-23)33-22-25-10-8-24(9-11-25)21-31-14-5-15-32-27-6-3-2-4-7-27/h8-11,20,26-27,31-32H,2-7,12-19,21-22H2,1H3,(H,33,34,35). The minimum atomic E-state index is 0.294. The van der Waals surface area contributed by atoms with Crippen molar-refractivity contribution in [3.05, 3.63) is 47.2 Å². The molecule has 1 amide bonds. The molecule has 1 aliphatic heterocycles. The third-order valence-corrected chi connectivity index (χ3v) is 8.05. The maximum atomic E-state index is 12.4. The van der Waals surface area contributed by atoms with Gasteiger partial charge in [-0.2, -0.15) is 4.98 Å². The van der Waals surface area contributed by atoms with Crippen LogP contribution in [0.3, 0.4) is 0 Å². The normalized spacial score (nSPS) is 18.6. The van der Waals surface area contributed by atoms with Gasteiger partial charge in [-0.15, -0.1) is 0 Å². The molecule has 5 rings (SSSR count). The number of piperazine rings is 1. The molecule has 1 aromatic carbocycles. The predicted octanol–water partition coefficient (Wildman–Crippen LogP) is 3.86. The third-order valence-electron chi connectivity index (χ3n) is 8.05. The van der Waals surface area contributed by atoms with Crippen LogP contribution in [0.4, 0.5) is 11.8 Å². The molecule has 2 heterocycles. The van der Waals surface area contributed by atoms with Crippen LogP contribution in [0.2, 0.25) is 0 Å². The van der Waals surface area contributed by atoms with E-state index in [1.807, 2.05) is 17.9 Å². The van der Waals surface area contributed by atoms with Gasteiger partial charge < -0.3 is 25.8 Å². The number of amides is 1. The van der Waals surface area contributed by atoms with Crippen LogP contribution in [0, 0.1) is 12.8 Å². The van der Waals surface area contributed by atoms with Crippen molar-refractivity contribution in [1.82, 2.24) is 25.5 Å². The van der Waals surface area contributed by atoms with E-state index in [-0.39, 0.29) is 0 Å². The second-order valence-electron chi connectivity index (χ2n) is 11.3. The molecule has 3 aliphatic rings. The van der Waals surface area contributed by atoms with Crippen LogP contribution in [0.5, 0.6) is 0 Å². The van der Waals surface area contributed by atoms with Crippen LogP contribution >= 0.6 is 0 Å². The zero-order valence-electron chi connectivity index (χ0n) is 23.1. The predicted molar refractivity (Wildman–Crippen MR) is 153 cm³/mol. The molecule has 0 radical (unpaired) electrons. The van der Waals surface area contributed by atoms with E-state index < -0.39 is 0 Å². The summed E-state index contributed by atoms with van der Waals surface area (Å²) in [4.78, 5) is 26.0. The molecular weight excluding hydrogens is 474 g/mol. The molecule has 1 saturated heterocycles. The van der Waals surface area contributed by atoms with Crippen LogP contribution in [-0.4, -0.2) is 66.1 Å². The first-order valence-electron chi connectivity index (χ1n) is 14.8. The Morgan fingerprint density at radius 3 is 2.32 bits per heavy atom. The summed E-state index contributed by atoms with van der Waals surface area (Å²) in [7, 11) is 0. The van der Waals surface area contributed by atoms with E-state index in [1.165, 1.54) is 49.7 Å². The highest BCUT2D eigenvalue weighted by molar-refractivity contribution is 5.81. The molecular formula is C30H45N7O. The lowest BCUT2D eigenvalue weighted by Crippen LogP contribution is -2.49. The zero-order chi connectivity index (χ0) is 26.2. The van der Waals surface area contributed by atoms with Gasteiger partial charge in [0.1, 0.15) is 5.82 Å². The summed E-state index contributed by atoms with van der Waals surface area (Å²) in [5.74, 6) is 2.23. The first-order valence-corrected chi connectivity index (χ1v) is 14.8. The molecule has 8 nitrogen and oxygen atoms in total. The van der Waals surface area contributed by atoms with Gasteiger partial charge in [0.25, 0.3) is 0 Å². The van der Waals surface area contributed by atoms with Crippen molar-refractivity contribution in [2.24, 2.45) is 5.92 Å². The van der Waals surface area contributed by atoms with Crippen molar-refractivity contribution >= 4 is 17.7 Å². The number of hydrogen-bond donors (Lipinski definition) is 3. The quantitative estimate of drug-likeness (QED) is 0.367. The van der Waals surface area contributed by atoms with E-state index in [9.17, 15) is 4.79 Å². The molecule has 38 heavy (non-hydrogen) atoms. The van der Waals surface area contributed by atoms with Gasteiger partial charge in [0.05, 0.1) is 0 Å². The third kappa shape index (κ3) is 7.90. The lowest BCUT2D eigenvalue weighted by atomic mass is 9.95. The molecule has 1 aromatic heterocycles. The average molecular weight is 520 g/mol. The van der Waals surface area contributed by atoms with Crippen LogP contribution in [0.25, 0.3) is 0 Å². The van der Waals surface area contributed by atoms with Crippen LogP contribution in [0.1, 0.15) is 68.2 Å². The molecule has 2 aromatic rings. The minimum absolute atomic E-state index is 0.294. The summed E-state index contributed by atoms with van der Waals surface area (Å²) < 4.78 is 0. The number of nitrogens with one attached hydrogen (secondary N) is 3. The molecule has 8 heteroatoms. The molecule has 0 bridgehead atoms. The average Bonchev–Trinajstić information content (AvgIpc) is 3.80. The first kappa shape index (κ1) is 26.9. The maximum Gasteiger partial charge on any atom is 0.225 e. The number of hydrogen-bond acceptors (Lipinski definition) is 7. The van der Waals surface area contributed by atoms with Crippen molar-refractivity contribution in [2.75, 3.05) is 49.5 Å². The van der Waals surface area contributed by atoms with Gasteiger partial charge in [-0.1, -0.05) is 43.5 Å². The number of carbonyl (C=O) groups excluding carboxylic acids is 1. The van der Waals surface area contributed by atoms with Gasteiger partial charge in [-0.25, -0.2) is 4.98 Å². The number of aryl methyl sites for hydroxylation is 1. The van der Waals surface area contributed by atoms with E-state index in [0.29, 0.717) is 24.3 Å². The fourth-order valence-electron chi connectivity index (χ4n) is 5.55. The molecule has 206 valence electrons. The highest BCUT2D eigenvalue weighted by Gasteiger charge is 2.34. The second-order valence-corrected chi connectivity index (χ2v) is 11.3. The topological polar surface area (TPSA) is 85.4 Å². The molecule has 3 N–H and O–H groups in total. The lowest BCUT2D eigenvalue weighted by molar-refractivity contribution is -0.132. The summed E-state index contributed by atoms with van der Waals surface area (Å²) in [6, 6.07) is 11.6. The van der Waals surface area contributed by atoms with Crippen molar-refractivity contribution in [1.29, 1.82) is 0 Å². The van der Waals surface area contributed by atoms with Gasteiger partial charge in [0.2, 0.25) is 11.9 Å². The number of benzene rings is 1. The monoisotopic (exact) mass is 519 g/mol. The van der Waals surface area contributed by atoms with Gasteiger partial charge in [-0.3, -0.25) is 4.79 Å². The Morgan fingerprint density at radius 1 is 0.895 bits per heavy atom. The summed E-state index contributed by atoms with van der Waals surface area (Å²) >= 11 is 0. The van der Waals surface area contributed by atoms with Crippen molar-refractivity contribution in [3.8, 4) is 0 Å². The van der Waals surface area contributed by atoms with Crippen LogP contribution in [0.15, 0.2) is 30.3 Å². The largest absolute Gasteiger partial charge is 0.353 e. The van der Waals surface area contributed by atoms with E-state index in [2.05, 4.69) is 50.1 Å². The molecule has 3 fully saturated rings. The Hall–Kier alpha value is -2.71. The fraction of sp³-hybridized carbons (Fsp3) is 0.633. The molecule has 0 spiro atoms. The lowest BCUT2D eigenvalue weighted by Gasteiger charge is -2.35. The first-order chi connectivity index (χ1) is 18.6. The molecule has 2 aliphatic carbocycles. The Kier molecular flexibility index (Phi) is 9.47. The van der Waals surface area contributed by atoms with Crippen molar-refractivity contribution in [3.63, 3.8) is 0 Å². The highest BCUT2D eigenvalue weighted by Crippen LogP contribution is 2.31. The second kappa shape index (κ2) is 13.4. The molecule has 2 saturated carbocycles. The fourth-order valence-corrected chi connectivity index (χ4v) is 5.55. The number of aromatic nitrogens is 2. The summed E-state index contributed by atoms with van der Waals surface area (Å²) in [6.45, 7) is 8.95. The van der Waals surface area contributed by atoms with E-state index >= 15 is 0 Å². The van der Waals surface area contributed by atoms with E-state index in [0.717, 1.165) is 76.2 Å². The van der Waals surface area contributed by atoms with Gasteiger partial charge >= 0.3 is 0 Å². The maximum absolute atomic E-state index is 12.4. The van der Waals surface area contributed by atoms with Gasteiger partial charge in [0.15, 0.2) is 0 Å². The number of nitrogens with zero attached hydrogens (tertiary/aromatic N) is 4. The summed E-state index contributed by atoms with van der Waals surface area (Å²) in [6.07, 6.45) is 10.2. The number of carbonyl (C=O) groups is 1. The van der Waals surface area contributed by atoms with Crippen LogP contribution in [-0.2, 0) is 17.9 Å². The van der Waals surface area contributed by atoms with Crippen molar-refractivity contribution in [2.45, 2.75) is 77.4 Å². The van der Waals surface area contributed by atoms with Gasteiger partial charge in [-0.05, 0) is 63.2 Å². The number of anilines is 2. The van der Waals surface area contributed by atoms with Crippen LogP contribution < -0.4 is 20.9 Å². The highest BCUT2D eigenvalue weighted by atomic mass is 16.2. The number of rotatable bonds is 12. The smallest absolute Gasteiger partial charge is 0.225 e. The Balaban J connectivity index is 1.02. The van der Waals surface area contributed by atoms with E-state index in [1.54, 1.807) is 0 Å². The zero-order valence-corrected chi connectivity index (χ0v) is 23.1. The van der Waals surface area contributed by atoms with Gasteiger partial charge in [0, 0.05) is 63.0 Å². The molecule has 0 atom stereocenters. The summed E-state index contributed by atoms with van der Waals surface area (Å²) in [5, 5.41) is 10.7. The SMILES string of the molecule is Cc1cc(N2CCN(C(=O)C3CC3)CC2)nc(NCc2ccc(CNCCCNC3CCCCC3)cc2)n1. The van der Waals surface area contributed by atoms with E-state index in [4.69, 9.17) is 4.98 Å².